The van der Waals surface area contributed by atoms with Crippen molar-refractivity contribution in [3.05, 3.63) is 30.1 Å². The van der Waals surface area contributed by atoms with Crippen LogP contribution in [0.5, 0.6) is 5.75 Å². The molecule has 0 bridgehead atoms. The Balaban J connectivity index is 1.90. The van der Waals surface area contributed by atoms with Gasteiger partial charge in [0, 0.05) is 6.54 Å². The Hall–Kier alpha value is -2.11. The lowest BCUT2D eigenvalue weighted by molar-refractivity contribution is -0.148. The van der Waals surface area contributed by atoms with E-state index in [-0.39, 0.29) is 18.3 Å². The van der Waals surface area contributed by atoms with Crippen molar-refractivity contribution in [1.29, 1.82) is 0 Å². The Morgan fingerprint density at radius 3 is 2.68 bits per heavy atom. The fourth-order valence-corrected chi connectivity index (χ4v) is 2.08. The molecule has 1 aromatic rings. The van der Waals surface area contributed by atoms with Crippen molar-refractivity contribution in [2.75, 3.05) is 13.2 Å². The fourth-order valence-electron chi connectivity index (χ4n) is 2.08. The third-order valence-electron chi connectivity index (χ3n) is 3.03. The number of amides is 1. The van der Waals surface area contributed by atoms with E-state index in [0.29, 0.717) is 25.1 Å². The molecular formula is C13H14FNO4. The summed E-state index contributed by atoms with van der Waals surface area (Å²) >= 11 is 0. The molecule has 1 amide bonds. The van der Waals surface area contributed by atoms with Crippen molar-refractivity contribution in [3.8, 4) is 5.75 Å². The van der Waals surface area contributed by atoms with Gasteiger partial charge in [0.05, 0.1) is 0 Å². The number of carboxylic acids is 1. The summed E-state index contributed by atoms with van der Waals surface area (Å²) < 4.78 is 17.9. The van der Waals surface area contributed by atoms with Crippen LogP contribution in [0.3, 0.4) is 0 Å². The van der Waals surface area contributed by atoms with Crippen LogP contribution in [-0.2, 0) is 9.59 Å². The van der Waals surface area contributed by atoms with Crippen molar-refractivity contribution in [1.82, 2.24) is 4.90 Å². The van der Waals surface area contributed by atoms with Gasteiger partial charge in [-0.3, -0.25) is 4.79 Å². The zero-order valence-electron chi connectivity index (χ0n) is 10.2. The first-order valence-electron chi connectivity index (χ1n) is 5.98. The van der Waals surface area contributed by atoms with E-state index in [1.54, 1.807) is 0 Å². The average molecular weight is 267 g/mol. The number of benzene rings is 1. The summed E-state index contributed by atoms with van der Waals surface area (Å²) in [6.07, 6.45) is 1.15. The SMILES string of the molecule is O=C(O)[C@H]1CCCN1C(=O)COc1ccc(F)cc1. The number of hydrogen-bond acceptors (Lipinski definition) is 3. The zero-order valence-corrected chi connectivity index (χ0v) is 10.2. The van der Waals surface area contributed by atoms with Crippen LogP contribution < -0.4 is 4.74 Å². The van der Waals surface area contributed by atoms with Gasteiger partial charge in [0.25, 0.3) is 5.91 Å². The molecule has 0 unspecified atom stereocenters. The second-order valence-electron chi connectivity index (χ2n) is 4.33. The maximum atomic E-state index is 12.7. The molecule has 1 atom stereocenters. The molecule has 6 heteroatoms. The number of carbonyl (C=O) groups is 2. The number of halogens is 1. The van der Waals surface area contributed by atoms with Gasteiger partial charge in [0.2, 0.25) is 0 Å². The monoisotopic (exact) mass is 267 g/mol. The highest BCUT2D eigenvalue weighted by atomic mass is 19.1. The summed E-state index contributed by atoms with van der Waals surface area (Å²) in [4.78, 5) is 24.1. The van der Waals surface area contributed by atoms with E-state index in [0.717, 1.165) is 0 Å². The summed E-state index contributed by atoms with van der Waals surface area (Å²) in [5.41, 5.74) is 0. The van der Waals surface area contributed by atoms with Gasteiger partial charge in [-0.05, 0) is 37.1 Å². The molecule has 0 aromatic heterocycles. The third kappa shape index (κ3) is 3.21. The molecule has 0 aliphatic carbocycles. The van der Waals surface area contributed by atoms with Crippen LogP contribution in [0.2, 0.25) is 0 Å². The molecule has 0 spiro atoms. The smallest absolute Gasteiger partial charge is 0.326 e. The number of hydrogen-bond donors (Lipinski definition) is 1. The van der Waals surface area contributed by atoms with Crippen LogP contribution >= 0.6 is 0 Å². The number of carboxylic acid groups (broad SMARTS) is 1. The Morgan fingerprint density at radius 1 is 1.37 bits per heavy atom. The Morgan fingerprint density at radius 2 is 2.05 bits per heavy atom. The molecule has 0 radical (unpaired) electrons. The van der Waals surface area contributed by atoms with Gasteiger partial charge in [-0.1, -0.05) is 0 Å². The number of likely N-dealkylation sites (tertiary alicyclic amines) is 1. The molecule has 5 nitrogen and oxygen atoms in total. The largest absolute Gasteiger partial charge is 0.484 e. The molecule has 1 aliphatic heterocycles. The van der Waals surface area contributed by atoms with Crippen molar-refractivity contribution >= 4 is 11.9 Å². The minimum Gasteiger partial charge on any atom is -0.484 e. The number of carbonyl (C=O) groups excluding carboxylic acids is 1. The second-order valence-corrected chi connectivity index (χ2v) is 4.33. The van der Waals surface area contributed by atoms with E-state index in [2.05, 4.69) is 0 Å². The van der Waals surface area contributed by atoms with Gasteiger partial charge in [-0.15, -0.1) is 0 Å². The topological polar surface area (TPSA) is 66.8 Å². The van der Waals surface area contributed by atoms with E-state index in [1.165, 1.54) is 29.2 Å². The number of aliphatic carboxylic acids is 1. The molecule has 1 saturated heterocycles. The standard InChI is InChI=1S/C13H14FNO4/c14-9-3-5-10(6-4-9)19-8-12(16)15-7-1-2-11(15)13(17)18/h3-6,11H,1-2,7-8H2,(H,17,18)/t11-/m1/s1. The maximum absolute atomic E-state index is 12.7. The molecule has 1 heterocycles. The van der Waals surface area contributed by atoms with E-state index < -0.39 is 12.0 Å². The number of rotatable bonds is 4. The molecule has 1 aromatic carbocycles. The quantitative estimate of drug-likeness (QED) is 0.892. The van der Waals surface area contributed by atoms with Crippen LogP contribution in [0.1, 0.15) is 12.8 Å². The lowest BCUT2D eigenvalue weighted by atomic mass is 10.2. The summed E-state index contributed by atoms with van der Waals surface area (Å²) in [7, 11) is 0. The lowest BCUT2D eigenvalue weighted by Gasteiger charge is -2.21. The molecule has 1 aliphatic rings. The molecule has 1 fully saturated rings. The van der Waals surface area contributed by atoms with Gasteiger partial charge < -0.3 is 14.7 Å². The Bertz CT molecular complexity index is 474. The van der Waals surface area contributed by atoms with Crippen LogP contribution in [0.25, 0.3) is 0 Å². The van der Waals surface area contributed by atoms with Gasteiger partial charge in [-0.25, -0.2) is 9.18 Å². The predicted molar refractivity (Wildman–Crippen MR) is 64.3 cm³/mol. The number of nitrogens with zero attached hydrogens (tertiary/aromatic N) is 1. The predicted octanol–water partition coefficient (Wildman–Crippen LogP) is 1.28. The second kappa shape index (κ2) is 5.69. The lowest BCUT2D eigenvalue weighted by Crippen LogP contribution is -2.42. The molecular weight excluding hydrogens is 253 g/mol. The molecule has 102 valence electrons. The van der Waals surface area contributed by atoms with Crippen LogP contribution in [0, 0.1) is 5.82 Å². The molecule has 2 rings (SSSR count). The van der Waals surface area contributed by atoms with Crippen molar-refractivity contribution < 1.29 is 23.8 Å². The summed E-state index contributed by atoms with van der Waals surface area (Å²) in [6, 6.07) is 4.54. The van der Waals surface area contributed by atoms with Crippen LogP contribution in [0.15, 0.2) is 24.3 Å². The first-order chi connectivity index (χ1) is 9.08. The van der Waals surface area contributed by atoms with Crippen LogP contribution in [-0.4, -0.2) is 41.1 Å². The van der Waals surface area contributed by atoms with E-state index >= 15 is 0 Å². The summed E-state index contributed by atoms with van der Waals surface area (Å²) in [5.74, 6) is -1.37. The highest BCUT2D eigenvalue weighted by Crippen LogP contribution is 2.18. The van der Waals surface area contributed by atoms with E-state index in [1.807, 2.05) is 0 Å². The van der Waals surface area contributed by atoms with E-state index in [9.17, 15) is 14.0 Å². The highest BCUT2D eigenvalue weighted by molar-refractivity contribution is 5.85. The normalized spacial score (nSPS) is 18.4. The Labute approximate surface area is 109 Å². The molecule has 1 N–H and O–H groups in total. The first kappa shape index (κ1) is 13.3. The fraction of sp³-hybridized carbons (Fsp3) is 0.385. The minimum atomic E-state index is -0.993. The van der Waals surface area contributed by atoms with Gasteiger partial charge >= 0.3 is 5.97 Å². The third-order valence-corrected chi connectivity index (χ3v) is 3.03. The maximum Gasteiger partial charge on any atom is 0.326 e. The summed E-state index contributed by atoms with van der Waals surface area (Å²) in [5, 5.41) is 8.97. The minimum absolute atomic E-state index is 0.241. The summed E-state index contributed by atoms with van der Waals surface area (Å²) in [6.45, 7) is 0.192. The highest BCUT2D eigenvalue weighted by Gasteiger charge is 2.33. The first-order valence-corrected chi connectivity index (χ1v) is 5.98. The van der Waals surface area contributed by atoms with Gasteiger partial charge in [-0.2, -0.15) is 0 Å². The van der Waals surface area contributed by atoms with Crippen molar-refractivity contribution in [2.45, 2.75) is 18.9 Å². The van der Waals surface area contributed by atoms with Gasteiger partial charge in [0.1, 0.15) is 17.6 Å². The average Bonchev–Trinajstić information content (AvgIpc) is 2.87. The zero-order chi connectivity index (χ0) is 13.8. The van der Waals surface area contributed by atoms with Crippen LogP contribution in [0.4, 0.5) is 4.39 Å². The van der Waals surface area contributed by atoms with Crippen molar-refractivity contribution in [3.63, 3.8) is 0 Å². The number of ether oxygens (including phenoxy) is 1. The van der Waals surface area contributed by atoms with E-state index in [4.69, 9.17) is 9.84 Å². The molecule has 19 heavy (non-hydrogen) atoms. The Kier molecular flexibility index (Phi) is 3.99. The van der Waals surface area contributed by atoms with Crippen molar-refractivity contribution in [2.24, 2.45) is 0 Å². The molecule has 0 saturated carbocycles. The van der Waals surface area contributed by atoms with Gasteiger partial charge in [0.15, 0.2) is 6.61 Å².